The molecule has 4 heteroatoms. The van der Waals surface area contributed by atoms with Crippen molar-refractivity contribution in [2.45, 2.75) is 11.8 Å². The van der Waals surface area contributed by atoms with Crippen molar-refractivity contribution in [2.24, 2.45) is 0 Å². The molecule has 0 radical (unpaired) electrons. The minimum Gasteiger partial charge on any atom is -0.227 e. The Morgan fingerprint density at radius 3 is 2.45 bits per heavy atom. The van der Waals surface area contributed by atoms with Crippen LogP contribution in [0.1, 0.15) is 5.56 Å². The topological polar surface area (TPSA) is 34.1 Å². The van der Waals surface area contributed by atoms with E-state index in [2.05, 4.69) is 0 Å². The van der Waals surface area contributed by atoms with Crippen LogP contribution in [0.25, 0.3) is 0 Å². The summed E-state index contributed by atoms with van der Waals surface area (Å²) in [5.74, 6) is 0. The number of benzene rings is 1. The zero-order valence-corrected chi connectivity index (χ0v) is 7.52. The number of hydrogen-bond acceptors (Lipinski definition) is 2. The number of rotatable bonds is 1. The first-order valence-electron chi connectivity index (χ1n) is 3.02. The highest BCUT2D eigenvalue weighted by atomic mass is 35.5. The van der Waals surface area contributed by atoms with Gasteiger partial charge in [0.2, 0.25) is 0 Å². The van der Waals surface area contributed by atoms with E-state index in [0.29, 0.717) is 15.5 Å². The smallest absolute Gasteiger partial charge is 0.168 e. The van der Waals surface area contributed by atoms with Crippen LogP contribution in [0.3, 0.4) is 0 Å². The van der Waals surface area contributed by atoms with Gasteiger partial charge in [-0.15, -0.1) is 0 Å². The van der Waals surface area contributed by atoms with Gasteiger partial charge in [-0.25, -0.2) is 8.42 Å². The normalized spacial score (nSPS) is 10.5. The Kier molecular flexibility index (Phi) is 2.52. The van der Waals surface area contributed by atoms with Crippen LogP contribution in [0.4, 0.5) is 0 Å². The molecule has 0 saturated carbocycles. The highest BCUT2D eigenvalue weighted by molar-refractivity contribution is 7.72. The molecule has 1 aromatic rings. The fraction of sp³-hybridized carbons (Fsp3) is 0.143. The standard InChI is InChI=1S/C7H7ClO2S/c1-5-4-6(8)2-3-7(5)11(9)10/h2-4,11H,1H3. The summed E-state index contributed by atoms with van der Waals surface area (Å²) in [4.78, 5) is 0.337. The first-order chi connectivity index (χ1) is 5.11. The molecule has 0 aliphatic heterocycles. The van der Waals surface area contributed by atoms with Gasteiger partial charge in [0.15, 0.2) is 10.7 Å². The monoisotopic (exact) mass is 190 g/mol. The lowest BCUT2D eigenvalue weighted by Crippen LogP contribution is -1.84. The number of halogens is 1. The predicted octanol–water partition coefficient (Wildman–Crippen LogP) is 1.62. The van der Waals surface area contributed by atoms with Crippen LogP contribution in [-0.4, -0.2) is 8.42 Å². The molecule has 0 unspecified atom stereocenters. The average molecular weight is 191 g/mol. The third kappa shape index (κ3) is 1.94. The molecule has 0 N–H and O–H groups in total. The summed E-state index contributed by atoms with van der Waals surface area (Å²) in [5.41, 5.74) is 0.689. The van der Waals surface area contributed by atoms with Crippen molar-refractivity contribution in [2.75, 3.05) is 0 Å². The molecule has 2 nitrogen and oxygen atoms in total. The van der Waals surface area contributed by atoms with E-state index in [4.69, 9.17) is 11.6 Å². The van der Waals surface area contributed by atoms with Crippen molar-refractivity contribution in [3.8, 4) is 0 Å². The van der Waals surface area contributed by atoms with E-state index in [-0.39, 0.29) is 0 Å². The molecular weight excluding hydrogens is 184 g/mol. The third-order valence-electron chi connectivity index (χ3n) is 1.36. The Balaban J connectivity index is 3.31. The highest BCUT2D eigenvalue weighted by Crippen LogP contribution is 2.15. The van der Waals surface area contributed by atoms with Gasteiger partial charge in [0.25, 0.3) is 0 Å². The fourth-order valence-electron chi connectivity index (χ4n) is 0.824. The molecule has 11 heavy (non-hydrogen) atoms. The van der Waals surface area contributed by atoms with Crippen molar-refractivity contribution in [3.05, 3.63) is 28.8 Å². The van der Waals surface area contributed by atoms with Gasteiger partial charge in [-0.2, -0.15) is 0 Å². The molecule has 0 aliphatic carbocycles. The summed E-state index contributed by atoms with van der Waals surface area (Å²) in [6, 6.07) is 4.69. The average Bonchev–Trinajstić information content (AvgIpc) is 1.85. The molecule has 0 fully saturated rings. The lowest BCUT2D eigenvalue weighted by atomic mass is 10.2. The maximum atomic E-state index is 10.5. The Morgan fingerprint density at radius 2 is 2.00 bits per heavy atom. The minimum absolute atomic E-state index is 0.337. The molecular formula is C7H7ClO2S. The molecule has 60 valence electrons. The molecule has 1 aromatic carbocycles. The second-order valence-corrected chi connectivity index (χ2v) is 3.62. The van der Waals surface area contributed by atoms with Crippen molar-refractivity contribution in [1.29, 1.82) is 0 Å². The maximum Gasteiger partial charge on any atom is 0.168 e. The van der Waals surface area contributed by atoms with Gasteiger partial charge >= 0.3 is 0 Å². The van der Waals surface area contributed by atoms with Gasteiger partial charge in [0.1, 0.15) is 0 Å². The Hall–Kier alpha value is -0.540. The molecule has 0 bridgehead atoms. The molecule has 0 atom stereocenters. The largest absolute Gasteiger partial charge is 0.227 e. The van der Waals surface area contributed by atoms with Crippen LogP contribution in [0.2, 0.25) is 5.02 Å². The van der Waals surface area contributed by atoms with Crippen LogP contribution in [0.5, 0.6) is 0 Å². The number of hydrogen-bond donors (Lipinski definition) is 1. The first kappa shape index (κ1) is 8.56. The lowest BCUT2D eigenvalue weighted by Gasteiger charge is -1.96. The van der Waals surface area contributed by atoms with Crippen LogP contribution in [0, 0.1) is 6.92 Å². The van der Waals surface area contributed by atoms with Gasteiger partial charge in [-0.3, -0.25) is 0 Å². The zero-order valence-electron chi connectivity index (χ0n) is 5.87. The van der Waals surface area contributed by atoms with Crippen molar-refractivity contribution >= 4 is 22.3 Å². The van der Waals surface area contributed by atoms with E-state index in [1.54, 1.807) is 19.1 Å². The van der Waals surface area contributed by atoms with Crippen LogP contribution in [0.15, 0.2) is 23.1 Å². The Bertz CT molecular complexity index is 336. The Morgan fingerprint density at radius 1 is 1.36 bits per heavy atom. The van der Waals surface area contributed by atoms with Crippen LogP contribution in [-0.2, 0) is 10.7 Å². The van der Waals surface area contributed by atoms with Gasteiger partial charge in [-0.05, 0) is 30.7 Å². The van der Waals surface area contributed by atoms with Gasteiger partial charge in [0.05, 0.1) is 4.90 Å². The van der Waals surface area contributed by atoms with Crippen molar-refractivity contribution in [3.63, 3.8) is 0 Å². The van der Waals surface area contributed by atoms with E-state index in [1.807, 2.05) is 0 Å². The van der Waals surface area contributed by atoms with E-state index in [0.717, 1.165) is 0 Å². The van der Waals surface area contributed by atoms with Crippen molar-refractivity contribution < 1.29 is 8.42 Å². The summed E-state index contributed by atoms with van der Waals surface area (Å²) in [6.07, 6.45) is 0. The molecule has 0 heterocycles. The van der Waals surface area contributed by atoms with Gasteiger partial charge < -0.3 is 0 Å². The third-order valence-corrected chi connectivity index (χ3v) is 2.49. The first-order valence-corrected chi connectivity index (χ1v) is 4.57. The maximum absolute atomic E-state index is 10.5. The highest BCUT2D eigenvalue weighted by Gasteiger charge is 1.99. The van der Waals surface area contributed by atoms with Crippen LogP contribution >= 0.6 is 11.6 Å². The molecule has 0 aromatic heterocycles. The summed E-state index contributed by atoms with van der Waals surface area (Å²) in [6.45, 7) is 1.71. The molecule has 1 rings (SSSR count). The van der Waals surface area contributed by atoms with Gasteiger partial charge in [-0.1, -0.05) is 11.6 Å². The molecule has 0 amide bonds. The summed E-state index contributed by atoms with van der Waals surface area (Å²) in [7, 11) is -2.49. The lowest BCUT2D eigenvalue weighted by molar-refractivity contribution is 0.614. The quantitative estimate of drug-likeness (QED) is 0.683. The summed E-state index contributed by atoms with van der Waals surface area (Å²) < 4.78 is 21.1. The summed E-state index contributed by atoms with van der Waals surface area (Å²) >= 11 is 5.62. The van der Waals surface area contributed by atoms with E-state index in [9.17, 15) is 8.42 Å². The predicted molar refractivity (Wildman–Crippen MR) is 44.8 cm³/mol. The second kappa shape index (κ2) is 3.24. The Labute approximate surface area is 71.8 Å². The zero-order chi connectivity index (χ0) is 8.43. The fourth-order valence-corrected chi connectivity index (χ4v) is 1.60. The van der Waals surface area contributed by atoms with E-state index in [1.165, 1.54) is 6.07 Å². The summed E-state index contributed by atoms with van der Waals surface area (Å²) in [5, 5.41) is 0.558. The molecule has 0 saturated heterocycles. The van der Waals surface area contributed by atoms with E-state index >= 15 is 0 Å². The second-order valence-electron chi connectivity index (χ2n) is 2.19. The molecule has 0 aliphatic rings. The van der Waals surface area contributed by atoms with E-state index < -0.39 is 10.7 Å². The van der Waals surface area contributed by atoms with Crippen molar-refractivity contribution in [1.82, 2.24) is 0 Å². The number of aryl methyl sites for hydroxylation is 1. The minimum atomic E-state index is -2.49. The van der Waals surface area contributed by atoms with Crippen LogP contribution < -0.4 is 0 Å². The van der Waals surface area contributed by atoms with Gasteiger partial charge in [0, 0.05) is 5.02 Å². The SMILES string of the molecule is Cc1cc(Cl)ccc1[SH](=O)=O. The molecule has 0 spiro atoms. The number of thiol groups is 1.